The number of hydrogen-bond donors (Lipinski definition) is 0. The van der Waals surface area contributed by atoms with Crippen LogP contribution in [0.2, 0.25) is 0 Å². The van der Waals surface area contributed by atoms with Gasteiger partial charge in [0.05, 0.1) is 11.9 Å². The molecule has 0 N–H and O–H groups in total. The van der Waals surface area contributed by atoms with E-state index in [4.69, 9.17) is 0 Å². The van der Waals surface area contributed by atoms with Crippen LogP contribution in [0.4, 0.5) is 4.39 Å². The molecule has 0 saturated carbocycles. The van der Waals surface area contributed by atoms with Crippen LogP contribution >= 0.6 is 0 Å². The maximum absolute atomic E-state index is 12.1. The molecule has 0 bridgehead atoms. The van der Waals surface area contributed by atoms with Gasteiger partial charge in [-0.25, -0.2) is 9.50 Å². The quantitative estimate of drug-likeness (QED) is 0.555. The Hall–Kier alpha value is -0.960. The normalized spacial score (nSPS) is 9.56. The van der Waals surface area contributed by atoms with Gasteiger partial charge in [-0.05, 0) is 12.1 Å². The minimum atomic E-state index is -0.410. The molecule has 0 aliphatic heterocycles. The van der Waals surface area contributed by atoms with Gasteiger partial charge in [-0.3, -0.25) is 4.98 Å². The Morgan fingerprint density at radius 1 is 1.56 bits per heavy atom. The molecule has 1 radical (unpaired) electrons. The van der Waals surface area contributed by atoms with Crippen molar-refractivity contribution >= 4 is 0 Å². The van der Waals surface area contributed by atoms with Gasteiger partial charge in [0.2, 0.25) is 0 Å². The molecule has 1 aromatic rings. The van der Waals surface area contributed by atoms with Gasteiger partial charge < -0.3 is 0 Å². The van der Waals surface area contributed by atoms with Crippen LogP contribution in [0, 0.1) is 5.82 Å². The number of halogens is 1. The number of pyridine rings is 1. The van der Waals surface area contributed by atoms with Gasteiger partial charge in [-0.2, -0.15) is 0 Å². The molecule has 9 heavy (non-hydrogen) atoms. The predicted octanol–water partition coefficient (Wildman–Crippen LogP) is 1.15. The minimum Gasteiger partial charge on any atom is -0.256 e. The third-order valence-electron chi connectivity index (χ3n) is 0.937. The van der Waals surface area contributed by atoms with Gasteiger partial charge in [0.1, 0.15) is 12.4 Å². The topological polar surface area (TPSA) is 32.8 Å². The van der Waals surface area contributed by atoms with Crippen LogP contribution in [0.5, 0.6) is 0 Å². The molecular formula is C6H5FNO. The van der Waals surface area contributed by atoms with E-state index in [1.54, 1.807) is 0 Å². The average molecular weight is 126 g/mol. The van der Waals surface area contributed by atoms with Crippen molar-refractivity contribution in [1.82, 2.24) is 4.98 Å². The van der Waals surface area contributed by atoms with E-state index in [0.717, 1.165) is 6.20 Å². The van der Waals surface area contributed by atoms with Gasteiger partial charge in [0.15, 0.2) is 0 Å². The Balaban J connectivity index is 2.88. The summed E-state index contributed by atoms with van der Waals surface area (Å²) in [7, 11) is 0. The molecule has 0 atom stereocenters. The van der Waals surface area contributed by atoms with Gasteiger partial charge in [-0.15, -0.1) is 0 Å². The van der Waals surface area contributed by atoms with E-state index in [1.807, 2.05) is 0 Å². The zero-order chi connectivity index (χ0) is 6.69. The van der Waals surface area contributed by atoms with E-state index in [1.165, 1.54) is 12.1 Å². The monoisotopic (exact) mass is 126 g/mol. The van der Waals surface area contributed by atoms with Crippen molar-refractivity contribution in [2.75, 3.05) is 0 Å². The van der Waals surface area contributed by atoms with Gasteiger partial charge in [0, 0.05) is 0 Å². The van der Waals surface area contributed by atoms with Gasteiger partial charge in [-0.1, -0.05) is 0 Å². The summed E-state index contributed by atoms with van der Waals surface area (Å²) in [5, 5.41) is 10.1. The molecule has 47 valence electrons. The van der Waals surface area contributed by atoms with Crippen molar-refractivity contribution < 1.29 is 9.50 Å². The van der Waals surface area contributed by atoms with E-state index in [9.17, 15) is 9.50 Å². The van der Waals surface area contributed by atoms with Crippen LogP contribution in [0.15, 0.2) is 18.3 Å². The van der Waals surface area contributed by atoms with E-state index in [2.05, 4.69) is 4.98 Å². The summed E-state index contributed by atoms with van der Waals surface area (Å²) in [6.45, 7) is -0.389. The molecular weight excluding hydrogens is 121 g/mol. The highest BCUT2D eigenvalue weighted by molar-refractivity contribution is 5.03. The first kappa shape index (κ1) is 6.16. The summed E-state index contributed by atoms with van der Waals surface area (Å²) in [5.41, 5.74) is 0.372. The molecule has 0 amide bonds. The zero-order valence-electron chi connectivity index (χ0n) is 4.67. The van der Waals surface area contributed by atoms with Crippen LogP contribution in [-0.2, 0) is 11.7 Å². The maximum Gasteiger partial charge on any atom is 0.141 e. The smallest absolute Gasteiger partial charge is 0.141 e. The van der Waals surface area contributed by atoms with Crippen molar-refractivity contribution in [2.45, 2.75) is 6.61 Å². The maximum atomic E-state index is 12.1. The molecule has 1 rings (SSSR count). The number of nitrogens with zero attached hydrogens (tertiary/aromatic N) is 1. The second-order valence-corrected chi connectivity index (χ2v) is 1.61. The first-order valence-corrected chi connectivity index (χ1v) is 2.51. The van der Waals surface area contributed by atoms with Crippen molar-refractivity contribution in [3.63, 3.8) is 0 Å². The lowest BCUT2D eigenvalue weighted by atomic mass is 10.4. The highest BCUT2D eigenvalue weighted by Crippen LogP contribution is 1.96. The van der Waals surface area contributed by atoms with Crippen LogP contribution < -0.4 is 0 Å². The second-order valence-electron chi connectivity index (χ2n) is 1.61. The van der Waals surface area contributed by atoms with E-state index in [-0.39, 0.29) is 6.61 Å². The third-order valence-corrected chi connectivity index (χ3v) is 0.937. The Morgan fingerprint density at radius 3 is 2.78 bits per heavy atom. The summed E-state index contributed by atoms with van der Waals surface area (Å²) in [6, 6.07) is 2.60. The van der Waals surface area contributed by atoms with Crippen molar-refractivity contribution in [2.24, 2.45) is 0 Å². The SMILES string of the molecule is [O]Cc1ccc(F)cn1. The average Bonchev–Trinajstić information content (AvgIpc) is 1.90. The van der Waals surface area contributed by atoms with E-state index in [0.29, 0.717) is 5.69 Å². The second kappa shape index (κ2) is 2.55. The fourth-order valence-corrected chi connectivity index (χ4v) is 0.492. The molecule has 1 aromatic heterocycles. The first-order valence-electron chi connectivity index (χ1n) is 2.51. The van der Waals surface area contributed by atoms with Crippen molar-refractivity contribution in [3.8, 4) is 0 Å². The standard InChI is InChI=1S/C6H5FNO/c7-5-1-2-6(4-9)8-3-5/h1-3H,4H2. The molecule has 0 fully saturated rings. The molecule has 2 nitrogen and oxygen atoms in total. The number of aromatic nitrogens is 1. The summed E-state index contributed by atoms with van der Waals surface area (Å²) in [4.78, 5) is 3.51. The van der Waals surface area contributed by atoms with Crippen LogP contribution in [0.3, 0.4) is 0 Å². The molecule has 0 saturated heterocycles. The Kier molecular flexibility index (Phi) is 1.75. The zero-order valence-corrected chi connectivity index (χ0v) is 4.67. The molecule has 3 heteroatoms. The lowest BCUT2D eigenvalue weighted by Crippen LogP contribution is -1.86. The number of hydrogen-bond acceptors (Lipinski definition) is 1. The van der Waals surface area contributed by atoms with E-state index < -0.39 is 5.82 Å². The lowest BCUT2D eigenvalue weighted by Gasteiger charge is -1.89. The first-order chi connectivity index (χ1) is 4.33. The fourth-order valence-electron chi connectivity index (χ4n) is 0.492. The Labute approximate surface area is 52.0 Å². The summed E-state index contributed by atoms with van der Waals surface area (Å²) in [6.07, 6.45) is 1.03. The van der Waals surface area contributed by atoms with Crippen LogP contribution in [0.25, 0.3) is 0 Å². The summed E-state index contributed by atoms with van der Waals surface area (Å²) >= 11 is 0. The van der Waals surface area contributed by atoms with Crippen LogP contribution in [0.1, 0.15) is 5.69 Å². The van der Waals surface area contributed by atoms with Crippen molar-refractivity contribution in [3.05, 3.63) is 29.8 Å². The highest BCUT2D eigenvalue weighted by atomic mass is 19.1. The molecule has 0 aliphatic carbocycles. The molecule has 0 spiro atoms. The summed E-state index contributed by atoms with van der Waals surface area (Å²) < 4.78 is 12.1. The van der Waals surface area contributed by atoms with Crippen LogP contribution in [-0.4, -0.2) is 4.98 Å². The molecule has 1 heterocycles. The highest BCUT2D eigenvalue weighted by Gasteiger charge is 1.91. The van der Waals surface area contributed by atoms with Crippen molar-refractivity contribution in [1.29, 1.82) is 0 Å². The largest absolute Gasteiger partial charge is 0.256 e. The van der Waals surface area contributed by atoms with E-state index >= 15 is 0 Å². The fraction of sp³-hybridized carbons (Fsp3) is 0.167. The molecule has 0 aliphatic rings. The van der Waals surface area contributed by atoms with Gasteiger partial charge >= 0.3 is 0 Å². The van der Waals surface area contributed by atoms with Gasteiger partial charge in [0.25, 0.3) is 0 Å². The minimum absolute atomic E-state index is 0.372. The molecule has 0 unspecified atom stereocenters. The lowest BCUT2D eigenvalue weighted by molar-refractivity contribution is 0.173. The molecule has 0 aromatic carbocycles. The predicted molar refractivity (Wildman–Crippen MR) is 28.6 cm³/mol. The Bertz CT molecular complexity index is 185. The summed E-state index contributed by atoms with van der Waals surface area (Å²) in [5.74, 6) is -0.410. The third kappa shape index (κ3) is 1.47. The Morgan fingerprint density at radius 2 is 2.33 bits per heavy atom. The number of rotatable bonds is 1.